The smallest absolute Gasteiger partial charge is 0.245 e. The van der Waals surface area contributed by atoms with E-state index in [2.05, 4.69) is 38.5 Å². The van der Waals surface area contributed by atoms with Crippen molar-refractivity contribution in [3.8, 4) is 0 Å². The van der Waals surface area contributed by atoms with Crippen molar-refractivity contribution in [2.45, 2.75) is 148 Å². The van der Waals surface area contributed by atoms with Crippen molar-refractivity contribution in [3.05, 3.63) is 0 Å². The Morgan fingerprint density at radius 2 is 1.19 bits per heavy atom. The van der Waals surface area contributed by atoms with Crippen molar-refractivity contribution < 1.29 is 29.1 Å². The molecule has 48 heavy (non-hydrogen) atoms. The van der Waals surface area contributed by atoms with Crippen molar-refractivity contribution >= 4 is 35.5 Å². The first-order valence-electron chi connectivity index (χ1n) is 18.0. The molecule has 10 N–H and O–H groups in total. The van der Waals surface area contributed by atoms with Gasteiger partial charge in [0.05, 0.1) is 13.2 Å². The van der Waals surface area contributed by atoms with Gasteiger partial charge in [-0.25, -0.2) is 0 Å². The quantitative estimate of drug-likeness (QED) is 0.0329. The standard InChI is InChI=1S/C34H66N8O6/c1-5-6-7-8-9-10-11-12-13-14-15-16-17-20-29(44)39-23-30(45)40-28(24-43)33(48)41-26(19-18-21-38-34(35)36)32(47)42-27(22-25(2)3)31(46)37-4/h25-28,43H,5-24H2,1-4H3,(H,37,46)(H,39,44)(H,40,45)(H,41,48)(H,42,47)(H4,35,36,38)/t26-,27-,28-/m0/s1. The van der Waals surface area contributed by atoms with Gasteiger partial charge < -0.3 is 43.2 Å². The number of aliphatic hydroxyl groups excluding tert-OH is 1. The molecule has 0 aliphatic heterocycles. The Bertz CT molecular complexity index is 958. The van der Waals surface area contributed by atoms with E-state index in [1.807, 2.05) is 13.8 Å². The highest BCUT2D eigenvalue weighted by Crippen LogP contribution is 2.13. The molecule has 0 saturated carbocycles. The summed E-state index contributed by atoms with van der Waals surface area (Å²) in [7, 11) is 1.47. The van der Waals surface area contributed by atoms with Gasteiger partial charge in [-0.1, -0.05) is 97.8 Å². The van der Waals surface area contributed by atoms with Gasteiger partial charge in [0.2, 0.25) is 29.5 Å². The Morgan fingerprint density at radius 3 is 1.69 bits per heavy atom. The molecule has 0 heterocycles. The Kier molecular flexibility index (Phi) is 26.5. The molecule has 278 valence electrons. The van der Waals surface area contributed by atoms with E-state index in [-0.39, 0.29) is 43.2 Å². The zero-order chi connectivity index (χ0) is 36.2. The number of unbranched alkanes of at least 4 members (excludes halogenated alkanes) is 12. The largest absolute Gasteiger partial charge is 0.394 e. The number of aliphatic hydroxyl groups is 1. The Labute approximate surface area is 288 Å². The number of nitrogens with one attached hydrogen (secondary N) is 5. The number of hydrogen-bond acceptors (Lipinski definition) is 7. The number of nitrogens with two attached hydrogens (primary N) is 2. The zero-order valence-electron chi connectivity index (χ0n) is 30.0. The summed E-state index contributed by atoms with van der Waals surface area (Å²) < 4.78 is 0. The van der Waals surface area contributed by atoms with E-state index in [4.69, 9.17) is 11.5 Å². The molecule has 14 nitrogen and oxygen atoms in total. The van der Waals surface area contributed by atoms with Crippen molar-refractivity contribution in [2.75, 3.05) is 26.7 Å². The lowest BCUT2D eigenvalue weighted by Crippen LogP contribution is -2.58. The summed E-state index contributed by atoms with van der Waals surface area (Å²) in [6.07, 6.45) is 16.8. The molecule has 0 radical (unpaired) electrons. The molecule has 0 aliphatic carbocycles. The van der Waals surface area contributed by atoms with Crippen molar-refractivity contribution in [1.29, 1.82) is 0 Å². The Hall–Kier alpha value is -3.42. The second kappa shape index (κ2) is 28.6. The molecule has 0 saturated heterocycles. The van der Waals surface area contributed by atoms with Gasteiger partial charge in [0.25, 0.3) is 0 Å². The zero-order valence-corrected chi connectivity index (χ0v) is 30.0. The fourth-order valence-corrected chi connectivity index (χ4v) is 5.20. The van der Waals surface area contributed by atoms with Crippen LogP contribution in [-0.2, 0) is 24.0 Å². The van der Waals surface area contributed by atoms with Crippen LogP contribution >= 0.6 is 0 Å². The number of aliphatic imine (C=N–C) groups is 1. The topological polar surface area (TPSA) is 230 Å². The normalized spacial score (nSPS) is 12.8. The van der Waals surface area contributed by atoms with Gasteiger partial charge in [-0.15, -0.1) is 0 Å². The molecule has 3 atom stereocenters. The third-order valence-corrected chi connectivity index (χ3v) is 7.95. The predicted molar refractivity (Wildman–Crippen MR) is 190 cm³/mol. The second-order valence-corrected chi connectivity index (χ2v) is 12.9. The number of likely N-dealkylation sites (N-methyl/N-ethyl adjacent to an activating group) is 1. The van der Waals surface area contributed by atoms with Crippen LogP contribution in [0.5, 0.6) is 0 Å². The molecule has 0 fully saturated rings. The van der Waals surface area contributed by atoms with Gasteiger partial charge >= 0.3 is 0 Å². The Balaban J connectivity index is 4.69. The van der Waals surface area contributed by atoms with E-state index in [0.29, 0.717) is 19.3 Å². The molecule has 5 amide bonds. The average molecular weight is 683 g/mol. The lowest BCUT2D eigenvalue weighted by molar-refractivity contribution is -0.134. The lowest BCUT2D eigenvalue weighted by atomic mass is 10.0. The SMILES string of the molecule is CCCCCCCCCCCCCCCC(=O)NCC(=O)N[C@@H](CO)C(=O)N[C@@H](CCCN=C(N)N)C(=O)N[C@@H](CC(C)C)C(=O)NC. The number of nitrogens with zero attached hydrogens (tertiary/aromatic N) is 1. The monoisotopic (exact) mass is 683 g/mol. The van der Waals surface area contributed by atoms with Crippen LogP contribution < -0.4 is 38.1 Å². The Morgan fingerprint density at radius 1 is 0.667 bits per heavy atom. The summed E-state index contributed by atoms with van der Waals surface area (Å²) in [4.78, 5) is 67.1. The predicted octanol–water partition coefficient (Wildman–Crippen LogP) is 1.88. The maximum absolute atomic E-state index is 13.2. The molecular weight excluding hydrogens is 616 g/mol. The summed E-state index contributed by atoms with van der Waals surface area (Å²) in [5.41, 5.74) is 10.7. The van der Waals surface area contributed by atoms with Crippen molar-refractivity contribution in [2.24, 2.45) is 22.4 Å². The number of guanidine groups is 1. The molecule has 14 heteroatoms. The molecule has 0 rings (SSSR count). The lowest BCUT2D eigenvalue weighted by Gasteiger charge is -2.25. The van der Waals surface area contributed by atoms with E-state index in [1.54, 1.807) is 0 Å². The summed E-state index contributed by atoms with van der Waals surface area (Å²) in [6.45, 7) is 5.16. The summed E-state index contributed by atoms with van der Waals surface area (Å²) >= 11 is 0. The fourth-order valence-electron chi connectivity index (χ4n) is 5.20. The minimum atomic E-state index is -1.37. The maximum atomic E-state index is 13.2. The first kappa shape index (κ1) is 44.6. The first-order chi connectivity index (χ1) is 22.9. The van der Waals surface area contributed by atoms with Crippen LogP contribution in [0.4, 0.5) is 0 Å². The van der Waals surface area contributed by atoms with Crippen LogP contribution in [0, 0.1) is 5.92 Å². The van der Waals surface area contributed by atoms with Gasteiger partial charge in [0, 0.05) is 20.0 Å². The number of amides is 5. The van der Waals surface area contributed by atoms with Gasteiger partial charge in [-0.05, 0) is 31.6 Å². The molecule has 0 aliphatic rings. The number of hydrogen-bond donors (Lipinski definition) is 8. The van der Waals surface area contributed by atoms with Crippen LogP contribution in [0.15, 0.2) is 4.99 Å². The third kappa shape index (κ3) is 23.8. The molecule has 0 aromatic carbocycles. The van der Waals surface area contributed by atoms with E-state index in [0.717, 1.165) is 25.7 Å². The fraction of sp³-hybridized carbons (Fsp3) is 0.824. The van der Waals surface area contributed by atoms with Gasteiger partial charge in [0.1, 0.15) is 18.1 Å². The summed E-state index contributed by atoms with van der Waals surface area (Å²) in [6, 6.07) is -3.29. The third-order valence-electron chi connectivity index (χ3n) is 7.95. The highest BCUT2D eigenvalue weighted by atomic mass is 16.3. The summed E-state index contributed by atoms with van der Waals surface area (Å²) in [5.74, 6) is -2.71. The van der Waals surface area contributed by atoms with E-state index in [1.165, 1.54) is 64.8 Å². The van der Waals surface area contributed by atoms with Gasteiger partial charge in [0.15, 0.2) is 5.96 Å². The number of carbonyl (C=O) groups is 5. The van der Waals surface area contributed by atoms with Crippen molar-refractivity contribution in [3.63, 3.8) is 0 Å². The first-order valence-corrected chi connectivity index (χ1v) is 18.0. The highest BCUT2D eigenvalue weighted by molar-refractivity contribution is 5.94. The molecule has 0 spiro atoms. The second-order valence-electron chi connectivity index (χ2n) is 12.9. The minimum absolute atomic E-state index is 0.103. The van der Waals surface area contributed by atoms with Crippen molar-refractivity contribution in [1.82, 2.24) is 26.6 Å². The van der Waals surface area contributed by atoms with Crippen LogP contribution in [-0.4, -0.2) is 85.5 Å². The number of carbonyl (C=O) groups excluding carboxylic acids is 5. The molecule has 0 aromatic heterocycles. The molecule has 0 unspecified atom stereocenters. The van der Waals surface area contributed by atoms with Crippen LogP contribution in [0.2, 0.25) is 0 Å². The maximum Gasteiger partial charge on any atom is 0.245 e. The van der Waals surface area contributed by atoms with E-state index in [9.17, 15) is 29.1 Å². The molecule has 0 aromatic rings. The van der Waals surface area contributed by atoms with Gasteiger partial charge in [-0.3, -0.25) is 29.0 Å². The van der Waals surface area contributed by atoms with Crippen LogP contribution in [0.3, 0.4) is 0 Å². The molecule has 0 bridgehead atoms. The highest BCUT2D eigenvalue weighted by Gasteiger charge is 2.29. The summed E-state index contributed by atoms with van der Waals surface area (Å²) in [5, 5.41) is 22.5. The van der Waals surface area contributed by atoms with Crippen LogP contribution in [0.1, 0.15) is 130 Å². The van der Waals surface area contributed by atoms with Gasteiger partial charge in [-0.2, -0.15) is 0 Å². The van der Waals surface area contributed by atoms with E-state index < -0.39 is 42.5 Å². The van der Waals surface area contributed by atoms with E-state index >= 15 is 0 Å². The minimum Gasteiger partial charge on any atom is -0.394 e. The number of rotatable bonds is 29. The van der Waals surface area contributed by atoms with Crippen LogP contribution in [0.25, 0.3) is 0 Å². The average Bonchev–Trinajstić information content (AvgIpc) is 3.04. The molecular formula is C34H66N8O6.